The minimum atomic E-state index is -0.0484. The number of carbonyl (C=O) groups is 1. The minimum absolute atomic E-state index is 0.0484. The number of benzene rings is 1. The van der Waals surface area contributed by atoms with Gasteiger partial charge < -0.3 is 10.4 Å². The van der Waals surface area contributed by atoms with Gasteiger partial charge in [0, 0.05) is 11.4 Å². The number of amides is 1. The number of rotatable bonds is 4. The maximum atomic E-state index is 11.9. The molecular formula is C14H15NO2S. The van der Waals surface area contributed by atoms with Crippen LogP contribution in [-0.4, -0.2) is 11.0 Å². The first-order valence-corrected chi connectivity index (χ1v) is 6.65. The molecule has 1 aromatic heterocycles. The fourth-order valence-corrected chi connectivity index (χ4v) is 2.44. The third kappa shape index (κ3) is 3.11. The average Bonchev–Trinajstić information content (AvgIpc) is 2.86. The number of thiophene rings is 1. The van der Waals surface area contributed by atoms with Crippen molar-refractivity contribution < 1.29 is 9.90 Å². The van der Waals surface area contributed by atoms with Crippen molar-refractivity contribution in [3.05, 3.63) is 51.7 Å². The predicted octanol–water partition coefficient (Wildman–Crippen LogP) is 2.95. The summed E-state index contributed by atoms with van der Waals surface area (Å²) in [4.78, 5) is 13.8. The fraction of sp³-hybridized carbons (Fsp3) is 0.214. The van der Waals surface area contributed by atoms with Gasteiger partial charge in [0.05, 0.1) is 4.88 Å². The highest BCUT2D eigenvalue weighted by Gasteiger charge is 2.08. The average molecular weight is 261 g/mol. The van der Waals surface area contributed by atoms with Gasteiger partial charge in [-0.1, -0.05) is 19.1 Å². The Kier molecular flexibility index (Phi) is 3.99. The van der Waals surface area contributed by atoms with Crippen molar-refractivity contribution in [3.8, 4) is 5.75 Å². The van der Waals surface area contributed by atoms with Crippen LogP contribution in [0.3, 0.4) is 0 Å². The molecular weight excluding hydrogens is 246 g/mol. The summed E-state index contributed by atoms with van der Waals surface area (Å²) < 4.78 is 0. The zero-order valence-corrected chi connectivity index (χ0v) is 11.0. The molecule has 0 unspecified atom stereocenters. The lowest BCUT2D eigenvalue weighted by atomic mass is 10.2. The van der Waals surface area contributed by atoms with Crippen LogP contribution in [0.25, 0.3) is 0 Å². The smallest absolute Gasteiger partial charge is 0.261 e. The fourth-order valence-electron chi connectivity index (χ4n) is 1.57. The van der Waals surface area contributed by atoms with E-state index in [0.717, 1.165) is 16.9 Å². The zero-order chi connectivity index (χ0) is 13.0. The molecule has 0 atom stereocenters. The van der Waals surface area contributed by atoms with Gasteiger partial charge in [-0.3, -0.25) is 4.79 Å². The van der Waals surface area contributed by atoms with Crippen LogP contribution >= 0.6 is 11.3 Å². The Bertz CT molecular complexity index is 531. The largest absolute Gasteiger partial charge is 0.508 e. The van der Waals surface area contributed by atoms with Gasteiger partial charge in [-0.15, -0.1) is 11.3 Å². The molecule has 2 rings (SSSR count). The first-order chi connectivity index (χ1) is 8.69. The summed E-state index contributed by atoms with van der Waals surface area (Å²) in [6.07, 6.45) is 0.954. The van der Waals surface area contributed by atoms with Gasteiger partial charge in [0.25, 0.3) is 5.91 Å². The van der Waals surface area contributed by atoms with Gasteiger partial charge >= 0.3 is 0 Å². The molecule has 4 heteroatoms. The number of aromatic hydroxyl groups is 1. The maximum absolute atomic E-state index is 11.9. The lowest BCUT2D eigenvalue weighted by Gasteiger charge is -2.03. The minimum Gasteiger partial charge on any atom is -0.508 e. The van der Waals surface area contributed by atoms with Crippen molar-refractivity contribution >= 4 is 17.2 Å². The molecule has 0 aliphatic carbocycles. The van der Waals surface area contributed by atoms with Crippen molar-refractivity contribution in [2.24, 2.45) is 0 Å². The molecule has 94 valence electrons. The predicted molar refractivity (Wildman–Crippen MR) is 73.0 cm³/mol. The van der Waals surface area contributed by atoms with Crippen LogP contribution < -0.4 is 5.32 Å². The van der Waals surface area contributed by atoms with Crippen molar-refractivity contribution in [2.75, 3.05) is 0 Å². The van der Waals surface area contributed by atoms with E-state index in [1.54, 1.807) is 24.3 Å². The molecule has 0 bridgehead atoms. The summed E-state index contributed by atoms with van der Waals surface area (Å²) >= 11 is 1.53. The Balaban J connectivity index is 1.93. The maximum Gasteiger partial charge on any atom is 0.261 e. The number of aryl methyl sites for hydroxylation is 1. The third-order valence-electron chi connectivity index (χ3n) is 2.62. The molecule has 3 nitrogen and oxygen atoms in total. The first-order valence-electron chi connectivity index (χ1n) is 5.84. The van der Waals surface area contributed by atoms with Gasteiger partial charge in [0.2, 0.25) is 0 Å². The first kappa shape index (κ1) is 12.6. The van der Waals surface area contributed by atoms with Crippen molar-refractivity contribution in [1.82, 2.24) is 5.32 Å². The van der Waals surface area contributed by atoms with E-state index >= 15 is 0 Å². The molecule has 1 heterocycles. The van der Waals surface area contributed by atoms with Crippen LogP contribution in [0, 0.1) is 0 Å². The highest BCUT2D eigenvalue weighted by atomic mass is 32.1. The normalized spacial score (nSPS) is 10.3. The molecule has 2 N–H and O–H groups in total. The molecule has 0 fully saturated rings. The number of phenols is 1. The standard InChI is InChI=1S/C14H15NO2S/c1-2-12-7-8-13(18-12)14(17)15-9-10-3-5-11(16)6-4-10/h3-8,16H,2,9H2,1H3,(H,15,17). The van der Waals surface area contributed by atoms with Crippen molar-refractivity contribution in [2.45, 2.75) is 19.9 Å². The van der Waals surface area contributed by atoms with Crippen LogP contribution in [0.2, 0.25) is 0 Å². The van der Waals surface area contributed by atoms with E-state index < -0.39 is 0 Å². The molecule has 0 radical (unpaired) electrons. The summed E-state index contributed by atoms with van der Waals surface area (Å²) in [5.74, 6) is 0.184. The second-order valence-corrected chi connectivity index (χ2v) is 5.14. The van der Waals surface area contributed by atoms with E-state index in [4.69, 9.17) is 5.11 Å². The lowest BCUT2D eigenvalue weighted by molar-refractivity contribution is 0.0955. The topological polar surface area (TPSA) is 49.3 Å². The van der Waals surface area contributed by atoms with E-state index in [2.05, 4.69) is 12.2 Å². The summed E-state index contributed by atoms with van der Waals surface area (Å²) in [5, 5.41) is 12.0. The van der Waals surface area contributed by atoms with E-state index in [1.165, 1.54) is 16.2 Å². The van der Waals surface area contributed by atoms with Gasteiger partial charge in [0.15, 0.2) is 0 Å². The Morgan fingerprint density at radius 1 is 1.22 bits per heavy atom. The third-order valence-corrected chi connectivity index (χ3v) is 3.85. The number of hydrogen-bond donors (Lipinski definition) is 2. The van der Waals surface area contributed by atoms with Gasteiger partial charge in [-0.05, 0) is 36.2 Å². The van der Waals surface area contributed by atoms with Crippen LogP contribution in [0.4, 0.5) is 0 Å². The van der Waals surface area contributed by atoms with Crippen LogP contribution in [0.5, 0.6) is 5.75 Å². The molecule has 0 spiro atoms. The summed E-state index contributed by atoms with van der Waals surface area (Å²) in [7, 11) is 0. The molecule has 0 saturated heterocycles. The molecule has 2 aromatic rings. The SMILES string of the molecule is CCc1ccc(C(=O)NCc2ccc(O)cc2)s1. The van der Waals surface area contributed by atoms with Gasteiger partial charge in [0.1, 0.15) is 5.75 Å². The molecule has 1 aromatic carbocycles. The van der Waals surface area contributed by atoms with E-state index in [1.807, 2.05) is 12.1 Å². The quantitative estimate of drug-likeness (QED) is 0.889. The van der Waals surface area contributed by atoms with Gasteiger partial charge in [-0.2, -0.15) is 0 Å². The van der Waals surface area contributed by atoms with Crippen LogP contribution in [0.1, 0.15) is 27.0 Å². The second-order valence-electron chi connectivity index (χ2n) is 3.97. The van der Waals surface area contributed by atoms with Crippen molar-refractivity contribution in [3.63, 3.8) is 0 Å². The Morgan fingerprint density at radius 3 is 2.56 bits per heavy atom. The molecule has 0 aliphatic rings. The number of carbonyl (C=O) groups excluding carboxylic acids is 1. The molecule has 0 saturated carbocycles. The highest BCUT2D eigenvalue weighted by Crippen LogP contribution is 2.17. The molecule has 0 aliphatic heterocycles. The van der Waals surface area contributed by atoms with Crippen molar-refractivity contribution in [1.29, 1.82) is 0 Å². The van der Waals surface area contributed by atoms with E-state index in [-0.39, 0.29) is 11.7 Å². The Hall–Kier alpha value is -1.81. The van der Waals surface area contributed by atoms with E-state index in [0.29, 0.717) is 6.54 Å². The molecule has 1 amide bonds. The lowest BCUT2D eigenvalue weighted by Crippen LogP contribution is -2.21. The van der Waals surface area contributed by atoms with E-state index in [9.17, 15) is 4.79 Å². The summed E-state index contributed by atoms with van der Waals surface area (Å²) in [6, 6.07) is 10.7. The number of phenolic OH excluding ortho intramolecular Hbond substituents is 1. The number of nitrogens with one attached hydrogen (secondary N) is 1. The Labute approximate surface area is 110 Å². The monoisotopic (exact) mass is 261 g/mol. The van der Waals surface area contributed by atoms with Gasteiger partial charge in [-0.25, -0.2) is 0 Å². The van der Waals surface area contributed by atoms with Crippen LogP contribution in [0.15, 0.2) is 36.4 Å². The zero-order valence-electron chi connectivity index (χ0n) is 10.1. The second kappa shape index (κ2) is 5.69. The summed E-state index contributed by atoms with van der Waals surface area (Å²) in [6.45, 7) is 2.54. The number of hydrogen-bond acceptors (Lipinski definition) is 3. The Morgan fingerprint density at radius 2 is 1.94 bits per heavy atom. The van der Waals surface area contributed by atoms with Crippen LogP contribution in [-0.2, 0) is 13.0 Å². The molecule has 18 heavy (non-hydrogen) atoms. The highest BCUT2D eigenvalue weighted by molar-refractivity contribution is 7.14. The summed E-state index contributed by atoms with van der Waals surface area (Å²) in [5.41, 5.74) is 0.966.